The molecule has 6 heteroatoms. The van der Waals surface area contributed by atoms with E-state index in [9.17, 15) is 14.7 Å². The van der Waals surface area contributed by atoms with Crippen molar-refractivity contribution in [3.05, 3.63) is 105 Å². The van der Waals surface area contributed by atoms with Crippen LogP contribution in [0.3, 0.4) is 0 Å². The Kier molecular flexibility index (Phi) is 7.07. The zero-order valence-electron chi connectivity index (χ0n) is 15.5. The minimum atomic E-state index is -1.07. The van der Waals surface area contributed by atoms with E-state index in [0.29, 0.717) is 5.02 Å². The summed E-state index contributed by atoms with van der Waals surface area (Å²) >= 11 is 9.66. The van der Waals surface area contributed by atoms with Gasteiger partial charge in [0.05, 0.1) is 10.6 Å². The number of rotatable bonds is 7. The topological polar surface area (TPSA) is 57.6 Å². The number of amides is 1. The van der Waals surface area contributed by atoms with E-state index in [0.717, 1.165) is 15.6 Å². The van der Waals surface area contributed by atoms with Crippen LogP contribution in [-0.2, 0) is 17.8 Å². The SMILES string of the molecule is O=C(O)C(Cc1ccccc1)N(Cc1cccc(Br)c1)C(=O)c1ccccc1Cl. The number of carboxylic acid groups (broad SMARTS) is 1. The average Bonchev–Trinajstić information content (AvgIpc) is 2.71. The van der Waals surface area contributed by atoms with Crippen LogP contribution < -0.4 is 0 Å². The van der Waals surface area contributed by atoms with Crippen molar-refractivity contribution in [3.63, 3.8) is 0 Å². The van der Waals surface area contributed by atoms with Gasteiger partial charge in [0, 0.05) is 17.4 Å². The Morgan fingerprint density at radius 3 is 2.24 bits per heavy atom. The number of hydrogen-bond acceptors (Lipinski definition) is 2. The summed E-state index contributed by atoms with van der Waals surface area (Å²) in [7, 11) is 0. The number of nitrogens with zero attached hydrogens (tertiary/aromatic N) is 1. The molecular formula is C23H19BrClNO3. The second-order valence-corrected chi connectivity index (χ2v) is 7.91. The smallest absolute Gasteiger partial charge is 0.326 e. The predicted molar refractivity (Wildman–Crippen MR) is 117 cm³/mol. The molecule has 1 atom stereocenters. The Labute approximate surface area is 182 Å². The summed E-state index contributed by atoms with van der Waals surface area (Å²) in [6.07, 6.45) is 0.195. The Morgan fingerprint density at radius 1 is 0.931 bits per heavy atom. The summed E-state index contributed by atoms with van der Waals surface area (Å²) in [6, 6.07) is 22.4. The highest BCUT2D eigenvalue weighted by atomic mass is 79.9. The molecule has 0 bridgehead atoms. The highest BCUT2D eigenvalue weighted by Gasteiger charge is 2.31. The summed E-state index contributed by atoms with van der Waals surface area (Å²) < 4.78 is 0.857. The third-order valence-corrected chi connectivity index (χ3v) is 5.36. The van der Waals surface area contributed by atoms with E-state index >= 15 is 0 Å². The van der Waals surface area contributed by atoms with Gasteiger partial charge in [0.1, 0.15) is 6.04 Å². The number of carbonyl (C=O) groups is 2. The molecule has 0 heterocycles. The van der Waals surface area contributed by atoms with Gasteiger partial charge in [0.25, 0.3) is 5.91 Å². The number of hydrogen-bond donors (Lipinski definition) is 1. The summed E-state index contributed by atoms with van der Waals surface area (Å²) in [5.41, 5.74) is 1.94. The zero-order valence-corrected chi connectivity index (χ0v) is 17.8. The van der Waals surface area contributed by atoms with Crippen molar-refractivity contribution in [3.8, 4) is 0 Å². The third-order valence-electron chi connectivity index (χ3n) is 4.54. The standard InChI is InChI=1S/C23H19BrClNO3/c24-18-10-6-9-17(13-18)15-26(22(27)19-11-4-5-12-20(19)25)21(23(28)29)14-16-7-2-1-3-8-16/h1-13,21H,14-15H2,(H,28,29). The van der Waals surface area contributed by atoms with Crippen molar-refractivity contribution >= 4 is 39.4 Å². The number of carboxylic acids is 1. The van der Waals surface area contributed by atoms with Crippen molar-refractivity contribution in [2.45, 2.75) is 19.0 Å². The summed E-state index contributed by atoms with van der Waals surface area (Å²) in [5.74, 6) is -1.48. The lowest BCUT2D eigenvalue weighted by atomic mass is 10.0. The number of carbonyl (C=O) groups excluding carboxylic acids is 1. The van der Waals surface area contributed by atoms with Gasteiger partial charge in [0.2, 0.25) is 0 Å². The molecular weight excluding hydrogens is 454 g/mol. The maximum Gasteiger partial charge on any atom is 0.326 e. The largest absolute Gasteiger partial charge is 0.480 e. The van der Waals surface area contributed by atoms with Crippen LogP contribution in [0, 0.1) is 0 Å². The molecule has 1 amide bonds. The van der Waals surface area contributed by atoms with E-state index in [2.05, 4.69) is 15.9 Å². The maximum absolute atomic E-state index is 13.4. The monoisotopic (exact) mass is 471 g/mol. The number of halogens is 2. The van der Waals surface area contributed by atoms with Crippen LogP contribution in [0.2, 0.25) is 5.02 Å². The van der Waals surface area contributed by atoms with E-state index in [1.165, 1.54) is 4.90 Å². The van der Waals surface area contributed by atoms with Crippen LogP contribution >= 0.6 is 27.5 Å². The normalized spacial score (nSPS) is 11.7. The molecule has 0 fully saturated rings. The predicted octanol–water partition coefficient (Wildman–Crippen LogP) is 5.44. The average molecular weight is 473 g/mol. The Bertz CT molecular complexity index is 1010. The quantitative estimate of drug-likeness (QED) is 0.498. The third kappa shape index (κ3) is 5.46. The summed E-state index contributed by atoms with van der Waals surface area (Å²) in [6.45, 7) is 0.146. The molecule has 3 aromatic rings. The molecule has 0 aliphatic carbocycles. The highest BCUT2D eigenvalue weighted by molar-refractivity contribution is 9.10. The Balaban J connectivity index is 2.00. The fourth-order valence-corrected chi connectivity index (χ4v) is 3.78. The van der Waals surface area contributed by atoms with Gasteiger partial charge >= 0.3 is 5.97 Å². The van der Waals surface area contributed by atoms with Gasteiger partial charge in [-0.1, -0.05) is 82.1 Å². The van der Waals surface area contributed by atoms with Gasteiger partial charge in [-0.3, -0.25) is 4.79 Å². The lowest BCUT2D eigenvalue weighted by molar-refractivity contribution is -0.142. The minimum absolute atomic E-state index is 0.146. The molecule has 3 aromatic carbocycles. The van der Waals surface area contributed by atoms with E-state index in [-0.39, 0.29) is 18.5 Å². The molecule has 0 aliphatic heterocycles. The van der Waals surface area contributed by atoms with Crippen LogP contribution in [0.1, 0.15) is 21.5 Å². The minimum Gasteiger partial charge on any atom is -0.480 e. The Morgan fingerprint density at radius 2 is 1.59 bits per heavy atom. The molecule has 1 unspecified atom stereocenters. The molecule has 0 saturated carbocycles. The first-order valence-electron chi connectivity index (χ1n) is 9.02. The fraction of sp³-hybridized carbons (Fsp3) is 0.130. The Hall–Kier alpha value is -2.63. The van der Waals surface area contributed by atoms with Crippen molar-refractivity contribution < 1.29 is 14.7 Å². The van der Waals surface area contributed by atoms with Gasteiger partial charge in [-0.2, -0.15) is 0 Å². The van der Waals surface area contributed by atoms with E-state index in [1.807, 2.05) is 54.6 Å². The van der Waals surface area contributed by atoms with Gasteiger partial charge < -0.3 is 10.0 Å². The van der Waals surface area contributed by atoms with E-state index in [4.69, 9.17) is 11.6 Å². The molecule has 3 rings (SSSR count). The van der Waals surface area contributed by atoms with Crippen molar-refractivity contribution in [2.75, 3.05) is 0 Å². The van der Waals surface area contributed by atoms with Gasteiger partial charge in [-0.25, -0.2) is 4.79 Å². The van der Waals surface area contributed by atoms with Crippen LogP contribution in [0.15, 0.2) is 83.3 Å². The molecule has 0 saturated heterocycles. The first-order chi connectivity index (χ1) is 14.0. The van der Waals surface area contributed by atoms with Gasteiger partial charge in [0.15, 0.2) is 0 Å². The van der Waals surface area contributed by atoms with Gasteiger partial charge in [-0.05, 0) is 35.4 Å². The molecule has 29 heavy (non-hydrogen) atoms. The molecule has 0 spiro atoms. The van der Waals surface area contributed by atoms with Crippen LogP contribution in [-0.4, -0.2) is 27.9 Å². The lowest BCUT2D eigenvalue weighted by Crippen LogP contribution is -2.46. The van der Waals surface area contributed by atoms with E-state index < -0.39 is 17.9 Å². The summed E-state index contributed by atoms with van der Waals surface area (Å²) in [5, 5.41) is 10.3. The maximum atomic E-state index is 13.4. The first kappa shape index (κ1) is 21.1. The number of aliphatic carboxylic acids is 1. The molecule has 4 nitrogen and oxygen atoms in total. The zero-order chi connectivity index (χ0) is 20.8. The molecule has 0 radical (unpaired) electrons. The van der Waals surface area contributed by atoms with Crippen molar-refractivity contribution in [2.24, 2.45) is 0 Å². The van der Waals surface area contributed by atoms with Crippen molar-refractivity contribution in [1.82, 2.24) is 4.90 Å². The second kappa shape index (κ2) is 9.72. The molecule has 0 aliphatic rings. The first-order valence-corrected chi connectivity index (χ1v) is 10.2. The fourth-order valence-electron chi connectivity index (χ4n) is 3.11. The van der Waals surface area contributed by atoms with Crippen LogP contribution in [0.5, 0.6) is 0 Å². The lowest BCUT2D eigenvalue weighted by Gasteiger charge is -2.30. The second-order valence-electron chi connectivity index (χ2n) is 6.59. The highest BCUT2D eigenvalue weighted by Crippen LogP contribution is 2.23. The van der Waals surface area contributed by atoms with Gasteiger partial charge in [-0.15, -0.1) is 0 Å². The molecule has 1 N–H and O–H groups in total. The summed E-state index contributed by atoms with van der Waals surface area (Å²) in [4.78, 5) is 26.9. The van der Waals surface area contributed by atoms with Crippen molar-refractivity contribution in [1.29, 1.82) is 0 Å². The van der Waals surface area contributed by atoms with E-state index in [1.54, 1.807) is 24.3 Å². The van der Waals surface area contributed by atoms with Crippen LogP contribution in [0.4, 0.5) is 0 Å². The molecule has 0 aromatic heterocycles. The number of benzene rings is 3. The molecule has 148 valence electrons. The van der Waals surface area contributed by atoms with Crippen LogP contribution in [0.25, 0.3) is 0 Å².